The molecule has 3 N–H and O–H groups in total. The van der Waals surface area contributed by atoms with E-state index in [9.17, 15) is 17.6 Å². The van der Waals surface area contributed by atoms with Crippen LogP contribution in [0.5, 0.6) is 5.75 Å². The number of aromatic nitrogens is 1. The molecule has 1 aliphatic heterocycles. The molecule has 0 saturated heterocycles. The molecule has 1 aromatic carbocycles. The van der Waals surface area contributed by atoms with Crippen LogP contribution in [0.2, 0.25) is 0 Å². The molecule has 0 spiro atoms. The van der Waals surface area contributed by atoms with Crippen molar-refractivity contribution in [2.75, 3.05) is 20.3 Å². The first-order chi connectivity index (χ1) is 12.6. The second kappa shape index (κ2) is 7.82. The summed E-state index contributed by atoms with van der Waals surface area (Å²) in [5.74, 6) is -1.86. The highest BCUT2D eigenvalue weighted by Gasteiger charge is 2.43. The molecule has 0 aliphatic carbocycles. The number of benzene rings is 1. The molecule has 27 heavy (non-hydrogen) atoms. The SMILES string of the molecule is CC1(C)COc2c1cc(C(CN)C(F)(F)F)nc2-c1ccc(F)cc1.CO. The third kappa shape index (κ3) is 4.22. The number of aliphatic hydroxyl groups excluding tert-OH is 1. The minimum absolute atomic E-state index is 0.147. The zero-order valence-electron chi connectivity index (χ0n) is 15.3. The number of hydrogen-bond donors (Lipinski definition) is 2. The van der Waals surface area contributed by atoms with E-state index in [0.717, 1.165) is 7.11 Å². The van der Waals surface area contributed by atoms with E-state index in [1.807, 2.05) is 13.8 Å². The molecule has 1 unspecified atom stereocenters. The fraction of sp³-hybridized carbons (Fsp3) is 0.421. The quantitative estimate of drug-likeness (QED) is 0.788. The van der Waals surface area contributed by atoms with Gasteiger partial charge in [-0.2, -0.15) is 13.2 Å². The lowest BCUT2D eigenvalue weighted by molar-refractivity contribution is -0.148. The average Bonchev–Trinajstić information content (AvgIpc) is 2.91. The van der Waals surface area contributed by atoms with Gasteiger partial charge in [-0.25, -0.2) is 9.37 Å². The molecule has 3 rings (SSSR count). The van der Waals surface area contributed by atoms with E-state index in [4.69, 9.17) is 15.6 Å². The van der Waals surface area contributed by atoms with Crippen LogP contribution in [-0.2, 0) is 5.41 Å². The van der Waals surface area contributed by atoms with Gasteiger partial charge in [0.2, 0.25) is 0 Å². The van der Waals surface area contributed by atoms with Crippen molar-refractivity contribution in [2.45, 2.75) is 31.4 Å². The molecule has 4 nitrogen and oxygen atoms in total. The number of ether oxygens (including phenoxy) is 1. The first-order valence-electron chi connectivity index (χ1n) is 8.29. The first-order valence-corrected chi connectivity index (χ1v) is 8.29. The minimum Gasteiger partial charge on any atom is -0.490 e. The number of hydrogen-bond acceptors (Lipinski definition) is 4. The van der Waals surface area contributed by atoms with E-state index >= 15 is 0 Å². The second-order valence-electron chi connectivity index (χ2n) is 6.78. The van der Waals surface area contributed by atoms with Crippen LogP contribution in [0.25, 0.3) is 11.3 Å². The van der Waals surface area contributed by atoms with Gasteiger partial charge < -0.3 is 15.6 Å². The zero-order chi connectivity index (χ0) is 20.4. The van der Waals surface area contributed by atoms with Crippen LogP contribution in [0.4, 0.5) is 17.6 Å². The minimum atomic E-state index is -4.50. The molecule has 1 aliphatic rings. The van der Waals surface area contributed by atoms with Gasteiger partial charge in [-0.15, -0.1) is 0 Å². The van der Waals surface area contributed by atoms with Crippen LogP contribution in [0, 0.1) is 5.82 Å². The molecule has 2 aromatic rings. The Hall–Kier alpha value is -2.19. The van der Waals surface area contributed by atoms with Crippen LogP contribution in [0.1, 0.15) is 31.0 Å². The molecule has 0 amide bonds. The number of nitrogens with two attached hydrogens (primary N) is 1. The van der Waals surface area contributed by atoms with Gasteiger partial charge in [-0.05, 0) is 30.3 Å². The standard InChI is InChI=1S/C18H18F4N2O.CH4O/c1-17(2)9-25-16-12(17)7-14(13(8-23)18(20,21)22)24-15(16)10-3-5-11(19)6-4-10;1-2/h3-7,13H,8-9,23H2,1-2H3;2H,1H3. The fourth-order valence-corrected chi connectivity index (χ4v) is 2.94. The van der Waals surface area contributed by atoms with Crippen molar-refractivity contribution in [1.82, 2.24) is 4.98 Å². The van der Waals surface area contributed by atoms with Gasteiger partial charge in [0.25, 0.3) is 0 Å². The highest BCUT2D eigenvalue weighted by molar-refractivity contribution is 5.70. The molecule has 0 bridgehead atoms. The van der Waals surface area contributed by atoms with Crippen LogP contribution in [0.15, 0.2) is 30.3 Å². The van der Waals surface area contributed by atoms with Gasteiger partial charge in [-0.3, -0.25) is 0 Å². The van der Waals surface area contributed by atoms with Crippen molar-refractivity contribution < 1.29 is 27.4 Å². The maximum atomic E-state index is 13.3. The summed E-state index contributed by atoms with van der Waals surface area (Å²) < 4.78 is 58.9. The molecule has 0 radical (unpaired) electrons. The Kier molecular flexibility index (Phi) is 6.11. The predicted molar refractivity (Wildman–Crippen MR) is 94.1 cm³/mol. The van der Waals surface area contributed by atoms with Gasteiger partial charge in [0.05, 0.1) is 12.3 Å². The normalized spacial score (nSPS) is 16.0. The molecular weight excluding hydrogens is 364 g/mol. The molecule has 8 heteroatoms. The van der Waals surface area contributed by atoms with Gasteiger partial charge >= 0.3 is 6.18 Å². The Labute approximate surface area is 155 Å². The molecule has 2 heterocycles. The molecule has 0 saturated carbocycles. The average molecular weight is 386 g/mol. The highest BCUT2D eigenvalue weighted by atomic mass is 19.4. The smallest absolute Gasteiger partial charge is 0.398 e. The highest BCUT2D eigenvalue weighted by Crippen LogP contribution is 2.46. The zero-order valence-corrected chi connectivity index (χ0v) is 15.3. The lowest BCUT2D eigenvalue weighted by atomic mass is 9.85. The number of pyridine rings is 1. The van der Waals surface area contributed by atoms with Crippen LogP contribution >= 0.6 is 0 Å². The Bertz CT molecular complexity index is 790. The number of fused-ring (bicyclic) bond motifs is 1. The number of alkyl halides is 3. The fourth-order valence-electron chi connectivity index (χ4n) is 2.94. The monoisotopic (exact) mass is 386 g/mol. The van der Waals surface area contributed by atoms with E-state index < -0.39 is 29.9 Å². The number of aliphatic hydroxyl groups is 1. The van der Waals surface area contributed by atoms with Gasteiger partial charge in [0.15, 0.2) is 0 Å². The van der Waals surface area contributed by atoms with Crippen molar-refractivity contribution in [3.05, 3.63) is 47.4 Å². The Morgan fingerprint density at radius 1 is 1.22 bits per heavy atom. The molecule has 1 aromatic heterocycles. The second-order valence-corrected chi connectivity index (χ2v) is 6.78. The van der Waals surface area contributed by atoms with Crippen LogP contribution in [0.3, 0.4) is 0 Å². The van der Waals surface area contributed by atoms with Gasteiger partial charge in [0, 0.05) is 30.2 Å². The third-order valence-corrected chi connectivity index (χ3v) is 4.40. The summed E-state index contributed by atoms with van der Waals surface area (Å²) in [6.07, 6.45) is -4.50. The van der Waals surface area contributed by atoms with E-state index in [-0.39, 0.29) is 11.4 Å². The summed E-state index contributed by atoms with van der Waals surface area (Å²) in [6, 6.07) is 6.85. The number of halogens is 4. The van der Waals surface area contributed by atoms with E-state index in [1.165, 1.54) is 30.3 Å². The number of nitrogens with zero attached hydrogens (tertiary/aromatic N) is 1. The van der Waals surface area contributed by atoms with Crippen LogP contribution < -0.4 is 10.5 Å². The summed E-state index contributed by atoms with van der Waals surface area (Å²) in [4.78, 5) is 4.20. The summed E-state index contributed by atoms with van der Waals surface area (Å²) in [7, 11) is 1.00. The predicted octanol–water partition coefficient (Wildman–Crippen LogP) is 3.77. The summed E-state index contributed by atoms with van der Waals surface area (Å²) in [6.45, 7) is 3.52. The largest absolute Gasteiger partial charge is 0.490 e. The number of rotatable bonds is 3. The van der Waals surface area contributed by atoms with Crippen molar-refractivity contribution in [3.63, 3.8) is 0 Å². The van der Waals surface area contributed by atoms with Crippen LogP contribution in [-0.4, -0.2) is 36.5 Å². The first kappa shape index (κ1) is 21.1. The molecule has 148 valence electrons. The topological polar surface area (TPSA) is 68.4 Å². The molecule has 0 fully saturated rings. The Morgan fingerprint density at radius 2 is 1.81 bits per heavy atom. The maximum absolute atomic E-state index is 13.3. The van der Waals surface area contributed by atoms with Crippen molar-refractivity contribution in [1.29, 1.82) is 0 Å². The van der Waals surface area contributed by atoms with E-state index in [0.29, 0.717) is 23.5 Å². The van der Waals surface area contributed by atoms with Gasteiger partial charge in [-0.1, -0.05) is 13.8 Å². The van der Waals surface area contributed by atoms with E-state index in [1.54, 1.807) is 0 Å². The lowest BCUT2D eigenvalue weighted by Gasteiger charge is -2.22. The Morgan fingerprint density at radius 3 is 2.33 bits per heavy atom. The molecule has 1 atom stereocenters. The maximum Gasteiger partial charge on any atom is 0.398 e. The molecular formula is C19H22F4N2O2. The van der Waals surface area contributed by atoms with Crippen molar-refractivity contribution in [2.24, 2.45) is 5.73 Å². The van der Waals surface area contributed by atoms with Crippen molar-refractivity contribution >= 4 is 0 Å². The Balaban J connectivity index is 0.00000126. The van der Waals surface area contributed by atoms with E-state index in [2.05, 4.69) is 4.98 Å². The summed E-state index contributed by atoms with van der Waals surface area (Å²) in [5, 5.41) is 7.00. The van der Waals surface area contributed by atoms with Gasteiger partial charge in [0.1, 0.15) is 23.2 Å². The third-order valence-electron chi connectivity index (χ3n) is 4.40. The lowest BCUT2D eigenvalue weighted by Crippen LogP contribution is -2.29. The summed E-state index contributed by atoms with van der Waals surface area (Å²) in [5.41, 5.74) is 6.20. The summed E-state index contributed by atoms with van der Waals surface area (Å²) >= 11 is 0. The van der Waals surface area contributed by atoms with Crippen molar-refractivity contribution in [3.8, 4) is 17.0 Å².